The van der Waals surface area contributed by atoms with Crippen molar-refractivity contribution in [3.05, 3.63) is 72.1 Å². The lowest BCUT2D eigenvalue weighted by Gasteiger charge is -2.23. The fourth-order valence-corrected chi connectivity index (χ4v) is 3.05. The zero-order valence-corrected chi connectivity index (χ0v) is 14.2. The largest absolute Gasteiger partial charge is 0.457 e. The summed E-state index contributed by atoms with van der Waals surface area (Å²) in [4.78, 5) is 10.8. The summed E-state index contributed by atoms with van der Waals surface area (Å²) in [6.07, 6.45) is 5.92. The Bertz CT molecular complexity index is 919. The van der Waals surface area contributed by atoms with Crippen LogP contribution < -0.4 is 0 Å². The van der Waals surface area contributed by atoms with Crippen LogP contribution in [0.2, 0.25) is 0 Å². The summed E-state index contributed by atoms with van der Waals surface area (Å²) in [6.45, 7) is 10.3. The maximum Gasteiger partial charge on any atom is 0.293 e. The number of ether oxygens (including phenoxy) is 1. The highest BCUT2D eigenvalue weighted by molar-refractivity contribution is 5.84. The Kier molecular flexibility index (Phi) is 4.02. The van der Waals surface area contributed by atoms with Gasteiger partial charge in [-0.2, -0.15) is 0 Å². The highest BCUT2D eigenvalue weighted by Crippen LogP contribution is 2.33. The van der Waals surface area contributed by atoms with Crippen LogP contribution in [0.1, 0.15) is 30.5 Å². The second-order valence-electron chi connectivity index (χ2n) is 6.39. The Morgan fingerprint density at radius 2 is 1.88 bits per heavy atom. The van der Waals surface area contributed by atoms with Crippen LogP contribution in [0.5, 0.6) is 0 Å². The Hall–Kier alpha value is -2.81. The van der Waals surface area contributed by atoms with Gasteiger partial charge in [-0.05, 0) is 61.2 Å². The molecule has 3 aromatic rings. The molecular weight excluding hydrogens is 298 g/mol. The minimum absolute atomic E-state index is 0.501. The molecule has 0 saturated carbocycles. The third-order valence-corrected chi connectivity index (χ3v) is 4.59. The summed E-state index contributed by atoms with van der Waals surface area (Å²) in [5, 5.41) is 0. The molecule has 0 fully saturated rings. The molecule has 3 nitrogen and oxygen atoms in total. The van der Waals surface area contributed by atoms with Gasteiger partial charge >= 0.3 is 0 Å². The molecule has 0 amide bonds. The van der Waals surface area contributed by atoms with E-state index in [1.165, 1.54) is 11.1 Å². The summed E-state index contributed by atoms with van der Waals surface area (Å²) in [7, 11) is 0. The molecule has 0 saturated heterocycles. The number of rotatable bonds is 5. The van der Waals surface area contributed by atoms with E-state index in [0.717, 1.165) is 22.2 Å². The first-order valence-corrected chi connectivity index (χ1v) is 7.93. The second kappa shape index (κ2) is 6.00. The molecule has 0 aliphatic heterocycles. The van der Waals surface area contributed by atoms with Crippen LogP contribution in [0, 0.1) is 6.92 Å². The van der Waals surface area contributed by atoms with E-state index < -0.39 is 5.60 Å². The van der Waals surface area contributed by atoms with E-state index in [1.54, 1.807) is 0 Å². The predicted molar refractivity (Wildman–Crippen MR) is 97.8 cm³/mol. The van der Waals surface area contributed by atoms with E-state index in [1.807, 2.05) is 44.4 Å². The van der Waals surface area contributed by atoms with Gasteiger partial charge in [0.2, 0.25) is 0 Å². The van der Waals surface area contributed by atoms with Crippen molar-refractivity contribution in [3.8, 4) is 11.1 Å². The average Bonchev–Trinajstić information content (AvgIpc) is 2.98. The number of fused-ring (bicyclic) bond motifs is 1. The van der Waals surface area contributed by atoms with Crippen LogP contribution in [0.4, 0.5) is 0 Å². The lowest BCUT2D eigenvalue weighted by Crippen LogP contribution is -2.20. The maximum absolute atomic E-state index is 10.8. The molecule has 1 aromatic carbocycles. The molecule has 122 valence electrons. The highest BCUT2D eigenvalue weighted by Gasteiger charge is 2.22. The van der Waals surface area contributed by atoms with Crippen molar-refractivity contribution >= 4 is 18.1 Å². The van der Waals surface area contributed by atoms with Gasteiger partial charge in [0.1, 0.15) is 5.60 Å². The molecule has 0 unspecified atom stereocenters. The summed E-state index contributed by atoms with van der Waals surface area (Å²) >= 11 is 0. The number of benzene rings is 1. The molecule has 0 spiro atoms. The van der Waals surface area contributed by atoms with Crippen LogP contribution in [0.15, 0.2) is 55.4 Å². The van der Waals surface area contributed by atoms with Crippen LogP contribution in [0.3, 0.4) is 0 Å². The van der Waals surface area contributed by atoms with Gasteiger partial charge in [-0.15, -0.1) is 0 Å². The van der Waals surface area contributed by atoms with Crippen molar-refractivity contribution in [2.45, 2.75) is 26.4 Å². The van der Waals surface area contributed by atoms with Gasteiger partial charge in [-0.25, -0.2) is 0 Å². The molecule has 0 radical (unpaired) electrons. The lowest BCUT2D eigenvalue weighted by atomic mass is 9.95. The molecule has 2 aromatic heterocycles. The fourth-order valence-electron chi connectivity index (χ4n) is 3.05. The number of hydrogen-bond acceptors (Lipinski definition) is 2. The Balaban J connectivity index is 2.20. The Morgan fingerprint density at radius 1 is 1.12 bits per heavy atom. The van der Waals surface area contributed by atoms with Gasteiger partial charge in [0.25, 0.3) is 6.47 Å². The van der Waals surface area contributed by atoms with E-state index in [0.29, 0.717) is 6.47 Å². The molecule has 3 heteroatoms. The van der Waals surface area contributed by atoms with Crippen LogP contribution in [-0.2, 0) is 15.1 Å². The molecular formula is C21H21NO2. The fraction of sp³-hybridized carbons (Fsp3) is 0.190. The normalized spacial score (nSPS) is 11.5. The summed E-state index contributed by atoms with van der Waals surface area (Å²) < 4.78 is 7.32. The van der Waals surface area contributed by atoms with Gasteiger partial charge in [0.05, 0.1) is 5.52 Å². The van der Waals surface area contributed by atoms with E-state index in [4.69, 9.17) is 4.74 Å². The standard InChI is InChI=1S/C21H21NO2/c1-5-16-7-6-8-18(15(16)2)19-10-12-22-11-9-17(13-20(19)22)21(3,4)24-14-23/h5-14H,1H2,2-4H3. The first-order chi connectivity index (χ1) is 11.5. The van der Waals surface area contributed by atoms with Crippen molar-refractivity contribution in [2.75, 3.05) is 0 Å². The molecule has 2 heterocycles. The zero-order valence-electron chi connectivity index (χ0n) is 14.2. The lowest BCUT2D eigenvalue weighted by molar-refractivity contribution is -0.141. The van der Waals surface area contributed by atoms with Gasteiger partial charge < -0.3 is 9.14 Å². The molecule has 0 N–H and O–H groups in total. The molecule has 0 atom stereocenters. The zero-order chi connectivity index (χ0) is 17.3. The predicted octanol–water partition coefficient (Wildman–Crippen LogP) is 4.97. The molecule has 0 bridgehead atoms. The smallest absolute Gasteiger partial charge is 0.293 e. The van der Waals surface area contributed by atoms with E-state index in [-0.39, 0.29) is 0 Å². The third-order valence-electron chi connectivity index (χ3n) is 4.59. The Labute approximate surface area is 142 Å². The number of hydrogen-bond donors (Lipinski definition) is 0. The van der Waals surface area contributed by atoms with Crippen LogP contribution >= 0.6 is 0 Å². The third kappa shape index (κ3) is 2.62. The highest BCUT2D eigenvalue weighted by atomic mass is 16.5. The van der Waals surface area contributed by atoms with Gasteiger partial charge in [-0.1, -0.05) is 30.9 Å². The molecule has 0 aliphatic carbocycles. The molecule has 0 aliphatic rings. The van der Waals surface area contributed by atoms with Gasteiger partial charge in [0.15, 0.2) is 0 Å². The van der Waals surface area contributed by atoms with Crippen molar-refractivity contribution < 1.29 is 9.53 Å². The van der Waals surface area contributed by atoms with Gasteiger partial charge in [0, 0.05) is 18.0 Å². The van der Waals surface area contributed by atoms with Crippen molar-refractivity contribution in [1.82, 2.24) is 4.40 Å². The van der Waals surface area contributed by atoms with Crippen molar-refractivity contribution in [2.24, 2.45) is 0 Å². The van der Waals surface area contributed by atoms with E-state index in [2.05, 4.69) is 42.2 Å². The summed E-state index contributed by atoms with van der Waals surface area (Å²) in [5.74, 6) is 0. The number of nitrogens with zero attached hydrogens (tertiary/aromatic N) is 1. The maximum atomic E-state index is 10.8. The van der Waals surface area contributed by atoms with Crippen LogP contribution in [0.25, 0.3) is 22.7 Å². The van der Waals surface area contributed by atoms with Crippen molar-refractivity contribution in [1.29, 1.82) is 0 Å². The topological polar surface area (TPSA) is 30.7 Å². The quantitative estimate of drug-likeness (QED) is 0.622. The second-order valence-corrected chi connectivity index (χ2v) is 6.39. The average molecular weight is 319 g/mol. The SMILES string of the molecule is C=Cc1cccc(-c2ccn3ccc(C(C)(C)OC=O)cc23)c1C. The van der Waals surface area contributed by atoms with E-state index in [9.17, 15) is 4.79 Å². The van der Waals surface area contributed by atoms with E-state index >= 15 is 0 Å². The summed E-state index contributed by atoms with van der Waals surface area (Å²) in [6, 6.07) is 12.4. The number of carbonyl (C=O) groups is 1. The first-order valence-electron chi connectivity index (χ1n) is 7.93. The minimum atomic E-state index is -0.664. The Morgan fingerprint density at radius 3 is 2.58 bits per heavy atom. The van der Waals surface area contributed by atoms with Gasteiger partial charge in [-0.3, -0.25) is 4.79 Å². The van der Waals surface area contributed by atoms with Crippen LogP contribution in [-0.4, -0.2) is 10.9 Å². The molecule has 3 rings (SSSR count). The minimum Gasteiger partial charge on any atom is -0.457 e. The van der Waals surface area contributed by atoms with Crippen molar-refractivity contribution in [3.63, 3.8) is 0 Å². The number of pyridine rings is 1. The number of carbonyl (C=O) groups excluding carboxylic acids is 1. The number of aromatic nitrogens is 1. The monoisotopic (exact) mass is 319 g/mol. The summed E-state index contributed by atoms with van der Waals surface area (Å²) in [5.41, 5.74) is 6.05. The first kappa shape index (κ1) is 16.1. The molecule has 24 heavy (non-hydrogen) atoms.